The number of hydrogen-bond donors (Lipinski definition) is 1. The van der Waals surface area contributed by atoms with Gasteiger partial charge in [0.2, 0.25) is 5.89 Å². The number of benzene rings is 1. The predicted octanol–water partition coefficient (Wildman–Crippen LogP) is 3.88. The van der Waals surface area contributed by atoms with Gasteiger partial charge in [0.1, 0.15) is 5.82 Å². The maximum absolute atomic E-state index is 14.1. The van der Waals surface area contributed by atoms with Crippen molar-refractivity contribution in [1.82, 2.24) is 20.0 Å². The van der Waals surface area contributed by atoms with E-state index in [1.807, 2.05) is 0 Å². The number of allylic oxidation sites excluding steroid dienone is 1. The second-order valence-corrected chi connectivity index (χ2v) is 9.97. The van der Waals surface area contributed by atoms with Gasteiger partial charge < -0.3 is 14.4 Å². The Morgan fingerprint density at radius 2 is 1.85 bits per heavy atom. The van der Waals surface area contributed by atoms with Gasteiger partial charge in [-0.15, -0.1) is 10.2 Å². The van der Waals surface area contributed by atoms with Crippen LogP contribution in [0.5, 0.6) is 0 Å². The molecule has 3 atom stereocenters. The van der Waals surface area contributed by atoms with Gasteiger partial charge in [-0.3, -0.25) is 4.90 Å². The number of rotatable bonds is 8. The van der Waals surface area contributed by atoms with Crippen LogP contribution >= 0.6 is 0 Å². The summed E-state index contributed by atoms with van der Waals surface area (Å²) in [6.45, 7) is 13.2. The van der Waals surface area contributed by atoms with Gasteiger partial charge in [0.15, 0.2) is 0 Å². The first-order chi connectivity index (χ1) is 15.9. The quantitative estimate of drug-likeness (QED) is 0.608. The minimum Gasteiger partial charge on any atom is -0.421 e. The molecular formula is C26H37FN4O2. The molecule has 1 aromatic heterocycles. The average molecular weight is 457 g/mol. The monoisotopic (exact) mass is 456 g/mol. The van der Waals surface area contributed by atoms with Gasteiger partial charge in [-0.1, -0.05) is 37.6 Å². The summed E-state index contributed by atoms with van der Waals surface area (Å²) in [5.74, 6) is 2.58. The number of hydrogen-bond acceptors (Lipinski definition) is 6. The first-order valence-electron chi connectivity index (χ1n) is 12.3. The van der Waals surface area contributed by atoms with Crippen LogP contribution in [0.4, 0.5) is 4.39 Å². The average Bonchev–Trinajstić information content (AvgIpc) is 3.25. The van der Waals surface area contributed by atoms with Crippen molar-refractivity contribution in [1.29, 1.82) is 0 Å². The Labute approximate surface area is 196 Å². The van der Waals surface area contributed by atoms with Crippen LogP contribution in [-0.4, -0.2) is 71.0 Å². The van der Waals surface area contributed by atoms with E-state index < -0.39 is 0 Å². The van der Waals surface area contributed by atoms with E-state index in [9.17, 15) is 9.50 Å². The molecule has 1 N–H and O–H groups in total. The van der Waals surface area contributed by atoms with Crippen LogP contribution in [0.1, 0.15) is 33.1 Å². The summed E-state index contributed by atoms with van der Waals surface area (Å²) in [5.41, 5.74) is 1.74. The lowest BCUT2D eigenvalue weighted by Crippen LogP contribution is -2.49. The maximum Gasteiger partial charge on any atom is 0.250 e. The Kier molecular flexibility index (Phi) is 7.94. The molecule has 6 nitrogen and oxygen atoms in total. The van der Waals surface area contributed by atoms with Crippen molar-refractivity contribution in [3.05, 3.63) is 47.6 Å². The van der Waals surface area contributed by atoms with E-state index in [4.69, 9.17) is 4.42 Å². The third-order valence-electron chi connectivity index (χ3n) is 7.43. The van der Waals surface area contributed by atoms with E-state index in [2.05, 4.69) is 46.8 Å². The second kappa shape index (κ2) is 10.9. The van der Waals surface area contributed by atoms with Crippen molar-refractivity contribution in [3.8, 4) is 11.5 Å². The summed E-state index contributed by atoms with van der Waals surface area (Å²) in [6, 6.07) is 6.51. The number of halogens is 1. The third kappa shape index (κ3) is 5.89. The molecule has 0 radical (unpaired) electrons. The molecule has 0 spiro atoms. The van der Waals surface area contributed by atoms with Crippen LogP contribution in [0.2, 0.25) is 0 Å². The van der Waals surface area contributed by atoms with Gasteiger partial charge >= 0.3 is 0 Å². The molecule has 7 heteroatoms. The number of aromatic nitrogens is 2. The molecule has 1 aromatic carbocycles. The first-order valence-corrected chi connectivity index (χ1v) is 12.3. The van der Waals surface area contributed by atoms with Crippen molar-refractivity contribution >= 4 is 0 Å². The van der Waals surface area contributed by atoms with Crippen LogP contribution in [0, 0.1) is 29.5 Å². The maximum atomic E-state index is 14.1. The highest BCUT2D eigenvalue weighted by atomic mass is 19.1. The number of aliphatic hydroxyl groups is 1. The Morgan fingerprint density at radius 1 is 1.12 bits per heavy atom. The van der Waals surface area contributed by atoms with Gasteiger partial charge in [-0.2, -0.15) is 0 Å². The standard InChI is InChI=1S/C26H37FN4O2/c1-18(2)23-15-20(16-25-28-29-26(33-25)22-6-4-5-7-24(22)27)19(3)14-21(23)17-31-10-8-30(9-11-31)12-13-32/h4-7,14,18,20-21,23,32H,8-13,15-17H2,1-3H3. The Morgan fingerprint density at radius 3 is 2.55 bits per heavy atom. The second-order valence-electron chi connectivity index (χ2n) is 9.97. The molecule has 3 unspecified atom stereocenters. The van der Waals surface area contributed by atoms with E-state index in [0.717, 1.165) is 45.7 Å². The zero-order valence-corrected chi connectivity index (χ0v) is 20.1. The van der Waals surface area contributed by atoms with E-state index in [1.165, 1.54) is 11.6 Å². The van der Waals surface area contributed by atoms with Crippen molar-refractivity contribution in [2.75, 3.05) is 45.9 Å². The molecule has 2 aliphatic rings. The zero-order valence-electron chi connectivity index (χ0n) is 20.1. The van der Waals surface area contributed by atoms with Crippen molar-refractivity contribution in [2.45, 2.75) is 33.6 Å². The van der Waals surface area contributed by atoms with E-state index in [1.54, 1.807) is 18.2 Å². The Bertz CT molecular complexity index is 936. The zero-order chi connectivity index (χ0) is 23.4. The SMILES string of the molecule is CC1=CC(CN2CCN(CCO)CC2)C(C(C)C)CC1Cc1nnc(-c2ccccc2F)o1. The predicted molar refractivity (Wildman–Crippen MR) is 127 cm³/mol. The third-order valence-corrected chi connectivity index (χ3v) is 7.43. The largest absolute Gasteiger partial charge is 0.421 e. The highest BCUT2D eigenvalue weighted by Crippen LogP contribution is 2.39. The lowest BCUT2D eigenvalue weighted by atomic mass is 9.69. The van der Waals surface area contributed by atoms with Crippen LogP contribution in [0.15, 0.2) is 40.3 Å². The fourth-order valence-electron chi connectivity index (χ4n) is 5.41. The van der Waals surface area contributed by atoms with Crippen LogP contribution in [-0.2, 0) is 6.42 Å². The van der Waals surface area contributed by atoms with Gasteiger partial charge in [0.25, 0.3) is 5.89 Å². The minimum atomic E-state index is -0.346. The highest BCUT2D eigenvalue weighted by molar-refractivity contribution is 5.53. The lowest BCUT2D eigenvalue weighted by Gasteiger charge is -2.41. The van der Waals surface area contributed by atoms with Gasteiger partial charge in [0.05, 0.1) is 12.2 Å². The molecule has 1 fully saturated rings. The van der Waals surface area contributed by atoms with Crippen LogP contribution in [0.25, 0.3) is 11.5 Å². The molecule has 2 aromatic rings. The van der Waals surface area contributed by atoms with E-state index >= 15 is 0 Å². The molecule has 2 heterocycles. The molecule has 1 aliphatic carbocycles. The molecule has 1 aliphatic heterocycles. The van der Waals surface area contributed by atoms with Crippen molar-refractivity contribution < 1.29 is 13.9 Å². The molecular weight excluding hydrogens is 419 g/mol. The Hall–Kier alpha value is -2.09. The number of nitrogens with zero attached hydrogens (tertiary/aromatic N) is 4. The molecule has 0 bridgehead atoms. The summed E-state index contributed by atoms with van der Waals surface area (Å²) in [4.78, 5) is 4.92. The van der Waals surface area contributed by atoms with Crippen molar-refractivity contribution in [3.63, 3.8) is 0 Å². The van der Waals surface area contributed by atoms with Crippen LogP contribution < -0.4 is 0 Å². The summed E-state index contributed by atoms with van der Waals surface area (Å²) in [7, 11) is 0. The van der Waals surface area contributed by atoms with Gasteiger partial charge in [0, 0.05) is 45.7 Å². The topological polar surface area (TPSA) is 65.6 Å². The lowest BCUT2D eigenvalue weighted by molar-refractivity contribution is 0.0887. The van der Waals surface area contributed by atoms with Crippen LogP contribution in [0.3, 0.4) is 0 Å². The fraction of sp³-hybridized carbons (Fsp3) is 0.615. The first kappa shape index (κ1) is 24.0. The summed E-state index contributed by atoms with van der Waals surface area (Å²) < 4.78 is 19.9. The normalized spacial score (nSPS) is 24.9. The Balaban J connectivity index is 1.41. The highest BCUT2D eigenvalue weighted by Gasteiger charge is 2.34. The molecule has 33 heavy (non-hydrogen) atoms. The molecule has 1 saturated heterocycles. The molecule has 4 rings (SSSR count). The van der Waals surface area contributed by atoms with Gasteiger partial charge in [-0.25, -0.2) is 4.39 Å². The smallest absolute Gasteiger partial charge is 0.250 e. The minimum absolute atomic E-state index is 0.239. The molecule has 180 valence electrons. The van der Waals surface area contributed by atoms with Gasteiger partial charge in [-0.05, 0) is 49.1 Å². The number of β-amino-alcohol motifs (C(OH)–C–C–N with tert-alkyl or cyclic N) is 1. The number of piperazine rings is 1. The summed E-state index contributed by atoms with van der Waals surface area (Å²) >= 11 is 0. The summed E-state index contributed by atoms with van der Waals surface area (Å²) in [6.07, 6.45) is 4.28. The van der Waals surface area contributed by atoms with E-state index in [0.29, 0.717) is 41.5 Å². The number of aliphatic hydroxyl groups excluding tert-OH is 1. The molecule has 0 amide bonds. The van der Waals surface area contributed by atoms with Crippen molar-refractivity contribution in [2.24, 2.45) is 23.7 Å². The summed E-state index contributed by atoms with van der Waals surface area (Å²) in [5, 5.41) is 17.5. The molecule has 0 saturated carbocycles. The fourth-order valence-corrected chi connectivity index (χ4v) is 5.41. The van der Waals surface area contributed by atoms with E-state index in [-0.39, 0.29) is 18.3 Å².